The summed E-state index contributed by atoms with van der Waals surface area (Å²) < 4.78 is 10.2. The van der Waals surface area contributed by atoms with Crippen molar-refractivity contribution in [1.82, 2.24) is 0 Å². The summed E-state index contributed by atoms with van der Waals surface area (Å²) in [5.74, 6) is 0.430. The van der Waals surface area contributed by atoms with E-state index in [0.717, 1.165) is 25.7 Å². The Morgan fingerprint density at radius 3 is 2.84 bits per heavy atom. The maximum absolute atomic E-state index is 11.6. The number of hydrogen-bond acceptors (Lipinski definition) is 4. The molecule has 0 unspecified atom stereocenters. The van der Waals surface area contributed by atoms with Gasteiger partial charge in [-0.2, -0.15) is 5.26 Å². The van der Waals surface area contributed by atoms with Gasteiger partial charge in [-0.1, -0.05) is 6.42 Å². The number of nitriles is 1. The van der Waals surface area contributed by atoms with E-state index in [1.54, 1.807) is 13.4 Å². The molecular formula is C15H23NO3. The largest absolute Gasteiger partial charge is 0.504 e. The molecule has 4 heteroatoms. The van der Waals surface area contributed by atoms with Crippen LogP contribution in [0.1, 0.15) is 45.4 Å². The van der Waals surface area contributed by atoms with Crippen molar-refractivity contribution in [3.8, 4) is 6.07 Å². The number of rotatable bonds is 6. The number of methoxy groups -OCH3 is 1. The Hall–Kier alpha value is -1.50. The molecule has 0 saturated heterocycles. The lowest BCUT2D eigenvalue weighted by atomic mass is 9.74. The molecule has 1 aliphatic rings. The summed E-state index contributed by atoms with van der Waals surface area (Å²) in [5, 5.41) is 8.72. The molecule has 106 valence electrons. The molecule has 1 saturated carbocycles. The fourth-order valence-electron chi connectivity index (χ4n) is 2.80. The van der Waals surface area contributed by atoms with Crippen LogP contribution in [0.5, 0.6) is 0 Å². The van der Waals surface area contributed by atoms with Crippen LogP contribution in [0, 0.1) is 23.2 Å². The molecule has 0 N–H and O–H groups in total. The topological polar surface area (TPSA) is 59.3 Å². The van der Waals surface area contributed by atoms with Gasteiger partial charge in [0.05, 0.1) is 32.5 Å². The molecule has 0 heterocycles. The Morgan fingerprint density at radius 2 is 2.21 bits per heavy atom. The van der Waals surface area contributed by atoms with Crippen LogP contribution < -0.4 is 0 Å². The molecule has 1 fully saturated rings. The zero-order valence-electron chi connectivity index (χ0n) is 11.9. The van der Waals surface area contributed by atoms with E-state index in [0.29, 0.717) is 25.4 Å². The van der Waals surface area contributed by atoms with E-state index >= 15 is 0 Å². The molecule has 1 aliphatic carbocycles. The predicted octanol–water partition coefficient (Wildman–Crippen LogP) is 3.19. The number of carbonyl (C=O) groups is 1. The second-order valence-corrected chi connectivity index (χ2v) is 4.88. The SMILES string of the molecule is CCOC(=O)C[C@@H]1CCC[C@H](CCC#N)/C1=C\OC. The highest BCUT2D eigenvalue weighted by Gasteiger charge is 2.29. The van der Waals surface area contributed by atoms with Crippen LogP contribution in [0.15, 0.2) is 11.8 Å². The molecular weight excluding hydrogens is 242 g/mol. The smallest absolute Gasteiger partial charge is 0.306 e. The highest BCUT2D eigenvalue weighted by molar-refractivity contribution is 5.70. The molecule has 0 aliphatic heterocycles. The monoisotopic (exact) mass is 265 g/mol. The number of hydrogen-bond donors (Lipinski definition) is 0. The van der Waals surface area contributed by atoms with E-state index in [1.165, 1.54) is 5.57 Å². The Balaban J connectivity index is 2.70. The molecule has 0 radical (unpaired) electrons. The predicted molar refractivity (Wildman–Crippen MR) is 72.0 cm³/mol. The Bertz CT molecular complexity index is 357. The van der Waals surface area contributed by atoms with Gasteiger partial charge in [0.15, 0.2) is 0 Å². The first-order chi connectivity index (χ1) is 9.22. The van der Waals surface area contributed by atoms with Crippen LogP contribution in [0.25, 0.3) is 0 Å². The van der Waals surface area contributed by atoms with Crippen molar-refractivity contribution in [3.63, 3.8) is 0 Å². The third-order valence-corrected chi connectivity index (χ3v) is 3.62. The standard InChI is InChI=1S/C15H23NO3/c1-3-19-15(17)10-13-7-4-6-12(8-5-9-16)14(13)11-18-2/h11-13H,3-8,10H2,1-2H3/b14-11+/t12-,13+/m1/s1. The fraction of sp³-hybridized carbons (Fsp3) is 0.733. The highest BCUT2D eigenvalue weighted by Crippen LogP contribution is 2.38. The first-order valence-electron chi connectivity index (χ1n) is 6.98. The van der Waals surface area contributed by atoms with Crippen LogP contribution >= 0.6 is 0 Å². The first-order valence-corrected chi connectivity index (χ1v) is 6.98. The van der Waals surface area contributed by atoms with Gasteiger partial charge in [-0.3, -0.25) is 4.79 Å². The zero-order chi connectivity index (χ0) is 14.1. The van der Waals surface area contributed by atoms with Crippen molar-refractivity contribution in [1.29, 1.82) is 5.26 Å². The number of ether oxygens (including phenoxy) is 2. The average molecular weight is 265 g/mol. The van der Waals surface area contributed by atoms with Crippen LogP contribution in [-0.4, -0.2) is 19.7 Å². The molecule has 0 spiro atoms. The summed E-state index contributed by atoms with van der Waals surface area (Å²) in [6, 6.07) is 2.19. The van der Waals surface area contributed by atoms with E-state index in [2.05, 4.69) is 6.07 Å². The van der Waals surface area contributed by atoms with Crippen LogP contribution in [-0.2, 0) is 14.3 Å². The van der Waals surface area contributed by atoms with Gasteiger partial charge in [-0.05, 0) is 43.6 Å². The molecule has 0 aromatic carbocycles. The van der Waals surface area contributed by atoms with Gasteiger partial charge >= 0.3 is 5.97 Å². The summed E-state index contributed by atoms with van der Waals surface area (Å²) in [6.07, 6.45) is 6.77. The van der Waals surface area contributed by atoms with Gasteiger partial charge in [-0.25, -0.2) is 0 Å². The van der Waals surface area contributed by atoms with Crippen LogP contribution in [0.3, 0.4) is 0 Å². The van der Waals surface area contributed by atoms with Crippen molar-refractivity contribution >= 4 is 5.97 Å². The second kappa shape index (κ2) is 8.58. The third kappa shape index (κ3) is 4.94. The minimum Gasteiger partial charge on any atom is -0.504 e. The van der Waals surface area contributed by atoms with Crippen molar-refractivity contribution in [2.24, 2.45) is 11.8 Å². The maximum Gasteiger partial charge on any atom is 0.306 e. The van der Waals surface area contributed by atoms with Gasteiger partial charge in [0.25, 0.3) is 0 Å². The Morgan fingerprint density at radius 1 is 1.47 bits per heavy atom. The molecule has 1 rings (SSSR count). The second-order valence-electron chi connectivity index (χ2n) is 4.88. The van der Waals surface area contributed by atoms with Gasteiger partial charge < -0.3 is 9.47 Å². The minimum absolute atomic E-state index is 0.143. The zero-order valence-corrected chi connectivity index (χ0v) is 11.9. The van der Waals surface area contributed by atoms with E-state index in [4.69, 9.17) is 14.7 Å². The van der Waals surface area contributed by atoms with Gasteiger partial charge in [0, 0.05) is 6.42 Å². The quantitative estimate of drug-likeness (QED) is 0.546. The van der Waals surface area contributed by atoms with Crippen LogP contribution in [0.2, 0.25) is 0 Å². The lowest BCUT2D eigenvalue weighted by molar-refractivity contribution is -0.144. The number of carbonyl (C=O) groups excluding carboxylic acids is 1. The normalized spacial score (nSPS) is 24.8. The molecule has 4 nitrogen and oxygen atoms in total. The summed E-state index contributed by atoms with van der Waals surface area (Å²) in [4.78, 5) is 11.6. The third-order valence-electron chi connectivity index (χ3n) is 3.62. The number of nitrogens with zero attached hydrogens (tertiary/aromatic N) is 1. The van der Waals surface area contributed by atoms with Gasteiger partial charge in [0.2, 0.25) is 0 Å². The Labute approximate surface area is 115 Å². The van der Waals surface area contributed by atoms with Crippen molar-refractivity contribution < 1.29 is 14.3 Å². The van der Waals surface area contributed by atoms with Gasteiger partial charge in [0.1, 0.15) is 0 Å². The summed E-state index contributed by atoms with van der Waals surface area (Å²) >= 11 is 0. The van der Waals surface area contributed by atoms with E-state index in [-0.39, 0.29) is 11.9 Å². The highest BCUT2D eigenvalue weighted by atomic mass is 16.5. The average Bonchev–Trinajstić information content (AvgIpc) is 2.39. The van der Waals surface area contributed by atoms with E-state index < -0.39 is 0 Å². The molecule has 0 aromatic heterocycles. The number of allylic oxidation sites excluding steroid dienone is 1. The molecule has 0 amide bonds. The first kappa shape index (κ1) is 15.6. The van der Waals surface area contributed by atoms with Crippen molar-refractivity contribution in [2.45, 2.75) is 45.4 Å². The summed E-state index contributed by atoms with van der Waals surface area (Å²) in [7, 11) is 1.63. The van der Waals surface area contributed by atoms with E-state index in [9.17, 15) is 4.79 Å². The van der Waals surface area contributed by atoms with Crippen molar-refractivity contribution in [3.05, 3.63) is 11.8 Å². The van der Waals surface area contributed by atoms with Crippen LogP contribution in [0.4, 0.5) is 0 Å². The number of esters is 1. The lowest BCUT2D eigenvalue weighted by Crippen LogP contribution is -2.23. The molecule has 2 atom stereocenters. The fourth-order valence-corrected chi connectivity index (χ4v) is 2.80. The van der Waals surface area contributed by atoms with Crippen molar-refractivity contribution in [2.75, 3.05) is 13.7 Å². The van der Waals surface area contributed by atoms with E-state index in [1.807, 2.05) is 6.92 Å². The summed E-state index contributed by atoms with van der Waals surface area (Å²) in [6.45, 7) is 2.24. The Kier molecular flexibility index (Phi) is 7.02. The molecule has 0 bridgehead atoms. The maximum atomic E-state index is 11.6. The minimum atomic E-state index is -0.143. The molecule has 0 aromatic rings. The lowest BCUT2D eigenvalue weighted by Gasteiger charge is -2.31. The van der Waals surface area contributed by atoms with Gasteiger partial charge in [-0.15, -0.1) is 0 Å². The summed E-state index contributed by atoms with van der Waals surface area (Å²) in [5.41, 5.74) is 1.18. The molecule has 19 heavy (non-hydrogen) atoms.